The van der Waals surface area contributed by atoms with E-state index in [1.54, 1.807) is 0 Å². The van der Waals surface area contributed by atoms with Gasteiger partial charge in [0.25, 0.3) is 5.91 Å². The second-order valence-corrected chi connectivity index (χ2v) is 6.77. The smallest absolute Gasteiger partial charge is 0.287 e. The van der Waals surface area contributed by atoms with Crippen LogP contribution in [-0.2, 0) is 0 Å². The predicted molar refractivity (Wildman–Crippen MR) is 104 cm³/mol. The van der Waals surface area contributed by atoms with Gasteiger partial charge in [0, 0.05) is 28.4 Å². The molecule has 0 saturated carbocycles. The Bertz CT molecular complexity index is 919. The molecule has 3 aromatic rings. The maximum atomic E-state index is 12.7. The average Bonchev–Trinajstić information content (AvgIpc) is 2.92. The van der Waals surface area contributed by atoms with Crippen molar-refractivity contribution in [2.45, 2.75) is 38.8 Å². The molecule has 132 valence electrons. The highest BCUT2D eigenvalue weighted by atomic mass is 35.5. The van der Waals surface area contributed by atoms with E-state index in [-0.39, 0.29) is 24.4 Å². The summed E-state index contributed by atoms with van der Waals surface area (Å²) in [7, 11) is 0. The Labute approximate surface area is 153 Å². The van der Waals surface area contributed by atoms with Gasteiger partial charge in [0.1, 0.15) is 5.58 Å². The number of aryl methyl sites for hydroxylation is 1. The van der Waals surface area contributed by atoms with E-state index < -0.39 is 0 Å². The monoisotopic (exact) mass is 358 g/mol. The lowest BCUT2D eigenvalue weighted by atomic mass is 10.0. The minimum absolute atomic E-state index is 0. The first-order valence-electron chi connectivity index (χ1n) is 8.58. The van der Waals surface area contributed by atoms with E-state index in [1.165, 1.54) is 0 Å². The zero-order valence-corrected chi connectivity index (χ0v) is 15.3. The van der Waals surface area contributed by atoms with E-state index >= 15 is 0 Å². The number of carbonyl (C=O) groups excluding carboxylic acids is 1. The van der Waals surface area contributed by atoms with Crippen LogP contribution in [0, 0.1) is 6.92 Å². The van der Waals surface area contributed by atoms with Crippen LogP contribution in [0.2, 0.25) is 0 Å². The first kappa shape index (κ1) is 17.8. The van der Waals surface area contributed by atoms with Crippen LogP contribution in [-0.4, -0.2) is 24.5 Å². The van der Waals surface area contributed by atoms with Crippen LogP contribution in [0.3, 0.4) is 0 Å². The van der Waals surface area contributed by atoms with Gasteiger partial charge in [-0.05, 0) is 38.6 Å². The van der Waals surface area contributed by atoms with E-state index in [9.17, 15) is 4.79 Å². The summed E-state index contributed by atoms with van der Waals surface area (Å²) in [5, 5.41) is 9.73. The third-order valence-electron chi connectivity index (χ3n) is 4.99. The minimum Gasteiger partial charge on any atom is -0.450 e. The molecule has 0 radical (unpaired) electrons. The van der Waals surface area contributed by atoms with Gasteiger partial charge in [-0.25, -0.2) is 0 Å². The molecular weight excluding hydrogens is 336 g/mol. The Morgan fingerprint density at radius 2 is 2.00 bits per heavy atom. The zero-order valence-electron chi connectivity index (χ0n) is 14.5. The molecule has 0 bridgehead atoms. The normalized spacial score (nSPS) is 20.4. The third-order valence-corrected chi connectivity index (χ3v) is 4.99. The van der Waals surface area contributed by atoms with Crippen molar-refractivity contribution in [1.29, 1.82) is 0 Å². The maximum Gasteiger partial charge on any atom is 0.287 e. The Hall–Kier alpha value is -2.04. The number of nitrogens with one attached hydrogen (secondary N) is 2. The van der Waals surface area contributed by atoms with Gasteiger partial charge < -0.3 is 15.1 Å². The number of hydrogen-bond donors (Lipinski definition) is 2. The van der Waals surface area contributed by atoms with Crippen molar-refractivity contribution < 1.29 is 9.21 Å². The second kappa shape index (κ2) is 7.06. The van der Waals surface area contributed by atoms with E-state index in [2.05, 4.69) is 29.7 Å². The number of furan rings is 1. The molecule has 0 aliphatic carbocycles. The molecule has 1 amide bonds. The third kappa shape index (κ3) is 3.24. The fraction of sp³-hybridized carbons (Fsp3) is 0.350. The molecule has 2 atom stereocenters. The summed E-state index contributed by atoms with van der Waals surface area (Å²) >= 11 is 0. The number of amides is 1. The van der Waals surface area contributed by atoms with Crippen LogP contribution >= 0.6 is 12.4 Å². The van der Waals surface area contributed by atoms with E-state index in [1.807, 2.05) is 31.2 Å². The van der Waals surface area contributed by atoms with Gasteiger partial charge in [-0.2, -0.15) is 0 Å². The van der Waals surface area contributed by atoms with Crippen LogP contribution in [0.25, 0.3) is 21.7 Å². The fourth-order valence-electron chi connectivity index (χ4n) is 3.68. The molecule has 1 fully saturated rings. The number of halogens is 1. The molecule has 5 heteroatoms. The number of carbonyl (C=O) groups is 1. The standard InChI is InChI=1S/C20H22N2O2.ClH/c1-12-11-15(9-10-21-12)22-20(23)18-13(2)16-8-7-14-5-3-4-6-17(14)19(16)24-18;/h3-8,12,15,21H,9-11H2,1-2H3,(H,22,23);1H. The van der Waals surface area contributed by atoms with Crippen molar-refractivity contribution in [2.24, 2.45) is 0 Å². The number of hydrogen-bond acceptors (Lipinski definition) is 3. The highest BCUT2D eigenvalue weighted by molar-refractivity contribution is 6.08. The molecule has 4 nitrogen and oxygen atoms in total. The summed E-state index contributed by atoms with van der Waals surface area (Å²) in [6, 6.07) is 12.9. The lowest BCUT2D eigenvalue weighted by molar-refractivity contribution is 0.0899. The molecule has 2 unspecified atom stereocenters. The van der Waals surface area contributed by atoms with Crippen LogP contribution in [0.5, 0.6) is 0 Å². The van der Waals surface area contributed by atoms with Crippen molar-refractivity contribution in [3.8, 4) is 0 Å². The van der Waals surface area contributed by atoms with Crippen LogP contribution in [0.15, 0.2) is 40.8 Å². The summed E-state index contributed by atoms with van der Waals surface area (Å²) in [5.74, 6) is 0.333. The van der Waals surface area contributed by atoms with Gasteiger partial charge >= 0.3 is 0 Å². The Balaban J connectivity index is 0.00000182. The van der Waals surface area contributed by atoms with Gasteiger partial charge in [0.15, 0.2) is 5.76 Å². The first-order valence-corrected chi connectivity index (χ1v) is 8.58. The molecule has 1 aromatic heterocycles. The Kier molecular flexibility index (Phi) is 5.02. The highest BCUT2D eigenvalue weighted by Crippen LogP contribution is 2.31. The van der Waals surface area contributed by atoms with Gasteiger partial charge in [0.2, 0.25) is 0 Å². The van der Waals surface area contributed by atoms with Crippen LogP contribution in [0.1, 0.15) is 35.9 Å². The first-order chi connectivity index (χ1) is 11.6. The molecular formula is C20H23ClN2O2. The molecule has 1 saturated heterocycles. The van der Waals surface area contributed by atoms with Crippen molar-refractivity contribution in [3.05, 3.63) is 47.7 Å². The number of fused-ring (bicyclic) bond motifs is 3. The van der Waals surface area contributed by atoms with Crippen molar-refractivity contribution >= 4 is 40.1 Å². The molecule has 0 spiro atoms. The van der Waals surface area contributed by atoms with Crippen molar-refractivity contribution in [2.75, 3.05) is 6.54 Å². The summed E-state index contributed by atoms with van der Waals surface area (Å²) in [4.78, 5) is 12.7. The fourth-order valence-corrected chi connectivity index (χ4v) is 3.68. The molecule has 25 heavy (non-hydrogen) atoms. The maximum absolute atomic E-state index is 12.7. The quantitative estimate of drug-likeness (QED) is 0.722. The Morgan fingerprint density at radius 3 is 2.80 bits per heavy atom. The minimum atomic E-state index is -0.105. The number of rotatable bonds is 2. The number of piperidine rings is 1. The van der Waals surface area contributed by atoms with E-state index in [0.29, 0.717) is 11.8 Å². The van der Waals surface area contributed by atoms with Gasteiger partial charge in [0.05, 0.1) is 0 Å². The van der Waals surface area contributed by atoms with Gasteiger partial charge in [-0.15, -0.1) is 12.4 Å². The summed E-state index contributed by atoms with van der Waals surface area (Å²) in [6.07, 6.45) is 1.91. The molecule has 2 aromatic carbocycles. The summed E-state index contributed by atoms with van der Waals surface area (Å²) in [5.41, 5.74) is 1.71. The van der Waals surface area contributed by atoms with Gasteiger partial charge in [-0.3, -0.25) is 4.79 Å². The lowest BCUT2D eigenvalue weighted by Crippen LogP contribution is -2.46. The lowest BCUT2D eigenvalue weighted by Gasteiger charge is -2.28. The summed E-state index contributed by atoms with van der Waals surface area (Å²) < 4.78 is 6.01. The molecule has 2 N–H and O–H groups in total. The largest absolute Gasteiger partial charge is 0.450 e. The van der Waals surface area contributed by atoms with Crippen LogP contribution in [0.4, 0.5) is 0 Å². The molecule has 1 aliphatic heterocycles. The van der Waals surface area contributed by atoms with E-state index in [4.69, 9.17) is 4.42 Å². The van der Waals surface area contributed by atoms with Crippen molar-refractivity contribution in [3.63, 3.8) is 0 Å². The molecule has 2 heterocycles. The molecule has 1 aliphatic rings. The zero-order chi connectivity index (χ0) is 16.7. The topological polar surface area (TPSA) is 54.3 Å². The summed E-state index contributed by atoms with van der Waals surface area (Å²) in [6.45, 7) is 5.05. The highest BCUT2D eigenvalue weighted by Gasteiger charge is 2.24. The average molecular weight is 359 g/mol. The number of benzene rings is 2. The van der Waals surface area contributed by atoms with Crippen LogP contribution < -0.4 is 10.6 Å². The van der Waals surface area contributed by atoms with Gasteiger partial charge in [-0.1, -0.05) is 36.4 Å². The predicted octanol–water partition coefficient (Wildman–Crippen LogP) is 4.19. The second-order valence-electron chi connectivity index (χ2n) is 6.77. The van der Waals surface area contributed by atoms with E-state index in [0.717, 1.165) is 46.7 Å². The van der Waals surface area contributed by atoms with Crippen molar-refractivity contribution in [1.82, 2.24) is 10.6 Å². The SMILES string of the molecule is Cc1c(C(=O)NC2CCNC(C)C2)oc2c1ccc1ccccc12.Cl. The Morgan fingerprint density at radius 1 is 1.20 bits per heavy atom. The molecule has 4 rings (SSSR count).